The molecule has 0 atom stereocenters. The van der Waals surface area contributed by atoms with Crippen molar-refractivity contribution in [3.63, 3.8) is 0 Å². The van der Waals surface area contributed by atoms with Gasteiger partial charge in [0.05, 0.1) is 14.2 Å². The number of nitrogens with zero attached hydrogens (tertiary/aromatic N) is 9. The van der Waals surface area contributed by atoms with Gasteiger partial charge in [-0.25, -0.2) is 34.3 Å². The van der Waals surface area contributed by atoms with Gasteiger partial charge in [0.15, 0.2) is 31.0 Å². The molecule has 0 aliphatic carbocycles. The van der Waals surface area contributed by atoms with Gasteiger partial charge in [0.1, 0.15) is 18.3 Å². The second-order valence-electron chi connectivity index (χ2n) is 11.2. The molecule has 2 aliphatic rings. The molecule has 21 heteroatoms. The quantitative estimate of drug-likeness (QED) is 0.277. The van der Waals surface area contributed by atoms with Gasteiger partial charge in [-0.05, 0) is 20.8 Å². The fraction of sp³-hybridized carbons (Fsp3) is 0.519. The smallest absolute Gasteiger partial charge is 0.410 e. The topological polar surface area (TPSA) is 202 Å². The molecule has 4 aromatic heterocycles. The van der Waals surface area contributed by atoms with Crippen molar-refractivity contribution < 1.29 is 28.6 Å². The summed E-state index contributed by atoms with van der Waals surface area (Å²) in [6, 6.07) is -0.415. The molecule has 5 amide bonds. The number of ether oxygens (including phenoxy) is 3. The number of hydrogen-bond donors (Lipinski definition) is 3. The average Bonchev–Trinajstić information content (AvgIpc) is 3.67. The molecular formula is C27H37ClN12O6S2. The largest absolute Gasteiger partial charge is 0.479 e. The van der Waals surface area contributed by atoms with Gasteiger partial charge >= 0.3 is 18.2 Å². The van der Waals surface area contributed by atoms with Crippen molar-refractivity contribution in [2.75, 3.05) is 77.2 Å². The third kappa shape index (κ3) is 9.14. The zero-order valence-corrected chi connectivity index (χ0v) is 29.5. The Morgan fingerprint density at radius 1 is 0.729 bits per heavy atom. The SMILES string of the molecule is COc1ncnc2sc(NC(=O)N3CCN(C(=O)OC(C)(C)C)CC3)nc12.COc1ncnc2sc(NC(=O)N3CCNCC3)nc12.Cl. The van der Waals surface area contributed by atoms with E-state index in [9.17, 15) is 14.4 Å². The Balaban J connectivity index is 0.000000221. The first-order chi connectivity index (χ1) is 22.5. The van der Waals surface area contributed by atoms with Crippen LogP contribution >= 0.6 is 35.1 Å². The van der Waals surface area contributed by atoms with E-state index in [-0.39, 0.29) is 30.6 Å². The number of thiazole rings is 2. The van der Waals surface area contributed by atoms with E-state index in [1.807, 2.05) is 20.8 Å². The monoisotopic (exact) mass is 724 g/mol. The van der Waals surface area contributed by atoms with Gasteiger partial charge in [0.2, 0.25) is 11.8 Å². The number of aromatic nitrogens is 6. The zero-order valence-electron chi connectivity index (χ0n) is 27.0. The number of rotatable bonds is 4. The first-order valence-corrected chi connectivity index (χ1v) is 16.3. The van der Waals surface area contributed by atoms with Crippen LogP contribution in [0.2, 0.25) is 0 Å². The van der Waals surface area contributed by atoms with Crippen molar-refractivity contribution in [1.82, 2.24) is 49.9 Å². The molecule has 6 heterocycles. The molecule has 48 heavy (non-hydrogen) atoms. The normalized spacial score (nSPS) is 14.8. The fourth-order valence-corrected chi connectivity index (χ4v) is 6.08. The van der Waals surface area contributed by atoms with Crippen LogP contribution in [0.25, 0.3) is 20.7 Å². The highest BCUT2D eigenvalue weighted by molar-refractivity contribution is 7.22. The lowest BCUT2D eigenvalue weighted by molar-refractivity contribution is 0.0174. The van der Waals surface area contributed by atoms with Crippen molar-refractivity contribution in [3.8, 4) is 11.8 Å². The maximum absolute atomic E-state index is 12.5. The van der Waals surface area contributed by atoms with Crippen molar-refractivity contribution in [3.05, 3.63) is 12.7 Å². The van der Waals surface area contributed by atoms with Gasteiger partial charge in [0.25, 0.3) is 0 Å². The number of hydrogen-bond acceptors (Lipinski definition) is 15. The third-order valence-electron chi connectivity index (χ3n) is 6.76. The molecule has 260 valence electrons. The molecule has 2 saturated heterocycles. The highest BCUT2D eigenvalue weighted by atomic mass is 35.5. The molecule has 18 nitrogen and oxygen atoms in total. The van der Waals surface area contributed by atoms with E-state index >= 15 is 0 Å². The molecule has 0 saturated carbocycles. The highest BCUT2D eigenvalue weighted by Crippen LogP contribution is 2.30. The maximum Gasteiger partial charge on any atom is 0.410 e. The van der Waals surface area contributed by atoms with Gasteiger partial charge < -0.3 is 34.2 Å². The lowest BCUT2D eigenvalue weighted by Gasteiger charge is -2.35. The zero-order chi connectivity index (χ0) is 33.6. The Bertz CT molecular complexity index is 1720. The average molecular weight is 725 g/mol. The number of urea groups is 2. The molecule has 4 aromatic rings. The van der Waals surface area contributed by atoms with Crippen LogP contribution < -0.4 is 25.4 Å². The van der Waals surface area contributed by atoms with Crippen LogP contribution in [0.1, 0.15) is 20.8 Å². The molecule has 0 spiro atoms. The lowest BCUT2D eigenvalue weighted by Crippen LogP contribution is -2.52. The Labute approximate surface area is 290 Å². The summed E-state index contributed by atoms with van der Waals surface area (Å²) in [6.45, 7) is 10.2. The molecule has 0 aromatic carbocycles. The van der Waals surface area contributed by atoms with E-state index in [2.05, 4.69) is 45.9 Å². The summed E-state index contributed by atoms with van der Waals surface area (Å²) in [6.07, 6.45) is 2.45. The van der Waals surface area contributed by atoms with E-state index in [0.717, 1.165) is 13.1 Å². The molecule has 6 rings (SSSR count). The second-order valence-corrected chi connectivity index (χ2v) is 13.1. The Kier molecular flexibility index (Phi) is 12.2. The minimum absolute atomic E-state index is 0. The van der Waals surface area contributed by atoms with Crippen molar-refractivity contribution in [2.45, 2.75) is 26.4 Å². The molecule has 0 bridgehead atoms. The van der Waals surface area contributed by atoms with Gasteiger partial charge in [-0.1, -0.05) is 22.7 Å². The highest BCUT2D eigenvalue weighted by Gasteiger charge is 2.28. The number of carbonyl (C=O) groups excluding carboxylic acids is 3. The molecule has 0 radical (unpaired) electrons. The number of piperazine rings is 2. The van der Waals surface area contributed by atoms with Crippen LogP contribution in [0, 0.1) is 0 Å². The lowest BCUT2D eigenvalue weighted by atomic mass is 10.2. The number of halogens is 1. The third-order valence-corrected chi connectivity index (χ3v) is 8.52. The van der Waals surface area contributed by atoms with Gasteiger partial charge in [-0.3, -0.25) is 10.6 Å². The molecule has 0 unspecified atom stereocenters. The number of anilines is 2. The van der Waals surface area contributed by atoms with Crippen LogP contribution in [-0.4, -0.2) is 135 Å². The predicted molar refractivity (Wildman–Crippen MR) is 183 cm³/mol. The van der Waals surface area contributed by atoms with Crippen LogP contribution in [0.3, 0.4) is 0 Å². The molecule has 3 N–H and O–H groups in total. The van der Waals surface area contributed by atoms with Crippen LogP contribution in [-0.2, 0) is 4.74 Å². The summed E-state index contributed by atoms with van der Waals surface area (Å²) in [4.78, 5) is 67.8. The Hall–Kier alpha value is -4.40. The predicted octanol–water partition coefficient (Wildman–Crippen LogP) is 3.13. The van der Waals surface area contributed by atoms with Crippen LogP contribution in [0.15, 0.2) is 12.7 Å². The first kappa shape index (κ1) is 36.4. The van der Waals surface area contributed by atoms with Crippen LogP contribution in [0.4, 0.5) is 24.6 Å². The molecule has 2 fully saturated rings. The second kappa shape index (κ2) is 16.1. The standard InChI is InChI=1S/C16H22N6O4S.C11H14N6O2S.ClH/c1-16(2,3)26-15(24)22-7-5-21(6-8-22)14(23)20-13-19-10-11(25-4)17-9-18-12(10)27-13;1-19-8-7-9(14-6-13-8)20-10(15-7)16-11(18)17-4-2-12-3-5-17;/h9H,5-8H2,1-4H3,(H,19,20,23);6,12H,2-5H2,1H3,(H,15,16,18);1H. The number of carbonyl (C=O) groups is 3. The fourth-order valence-electron chi connectivity index (χ4n) is 4.50. The maximum atomic E-state index is 12.5. The van der Waals surface area contributed by atoms with Gasteiger partial charge in [-0.2, -0.15) is 9.97 Å². The number of methoxy groups -OCH3 is 2. The summed E-state index contributed by atoms with van der Waals surface area (Å²) in [5, 5.41) is 9.69. The summed E-state index contributed by atoms with van der Waals surface area (Å²) >= 11 is 2.55. The van der Waals surface area contributed by atoms with E-state index < -0.39 is 5.60 Å². The summed E-state index contributed by atoms with van der Waals surface area (Å²) in [5.41, 5.74) is 0.535. The van der Waals surface area contributed by atoms with Crippen molar-refractivity contribution in [2.24, 2.45) is 0 Å². The minimum atomic E-state index is -0.539. The van der Waals surface area contributed by atoms with Gasteiger partial charge in [-0.15, -0.1) is 12.4 Å². The Morgan fingerprint density at radius 3 is 1.60 bits per heavy atom. The summed E-state index contributed by atoms with van der Waals surface area (Å²) in [5.74, 6) is 0.775. The number of amides is 5. The summed E-state index contributed by atoms with van der Waals surface area (Å²) < 4.78 is 15.6. The minimum Gasteiger partial charge on any atom is -0.479 e. The van der Waals surface area contributed by atoms with E-state index in [0.29, 0.717) is 82.0 Å². The van der Waals surface area contributed by atoms with E-state index in [4.69, 9.17) is 14.2 Å². The van der Waals surface area contributed by atoms with Crippen molar-refractivity contribution >= 4 is 84.2 Å². The van der Waals surface area contributed by atoms with Crippen molar-refractivity contribution in [1.29, 1.82) is 0 Å². The van der Waals surface area contributed by atoms with E-state index in [1.165, 1.54) is 49.5 Å². The number of nitrogens with one attached hydrogen (secondary N) is 3. The Morgan fingerprint density at radius 2 is 1.17 bits per heavy atom. The molecule has 2 aliphatic heterocycles. The van der Waals surface area contributed by atoms with Crippen LogP contribution in [0.5, 0.6) is 11.8 Å². The van der Waals surface area contributed by atoms with Gasteiger partial charge in [0, 0.05) is 52.4 Å². The van der Waals surface area contributed by atoms with E-state index in [1.54, 1.807) is 14.7 Å². The first-order valence-electron chi connectivity index (χ1n) is 14.7. The number of fused-ring (bicyclic) bond motifs is 2. The molecular weight excluding hydrogens is 688 g/mol. The summed E-state index contributed by atoms with van der Waals surface area (Å²) in [7, 11) is 3.03.